The van der Waals surface area contributed by atoms with Crippen LogP contribution in [0, 0.1) is 11.8 Å². The van der Waals surface area contributed by atoms with Gasteiger partial charge in [-0.05, 0) is 63.5 Å². The lowest BCUT2D eigenvalue weighted by molar-refractivity contribution is 0.340. The fourth-order valence-electron chi connectivity index (χ4n) is 4.95. The van der Waals surface area contributed by atoms with E-state index in [0.717, 1.165) is 31.0 Å². The summed E-state index contributed by atoms with van der Waals surface area (Å²) in [4.78, 5) is 13.7. The molecule has 40 heavy (non-hydrogen) atoms. The third-order valence-electron chi connectivity index (χ3n) is 6.56. The fraction of sp³-hybridized carbons (Fsp3) is 0.448. The van der Waals surface area contributed by atoms with Crippen molar-refractivity contribution in [1.82, 2.24) is 14.9 Å². The molecule has 0 saturated carbocycles. The fourth-order valence-corrected chi connectivity index (χ4v) is 6.89. The topological polar surface area (TPSA) is 99.7 Å². The summed E-state index contributed by atoms with van der Waals surface area (Å²) in [6.07, 6.45) is 2.65. The van der Waals surface area contributed by atoms with Crippen LogP contribution in [0.15, 0.2) is 53.6 Å². The monoisotopic (exact) mass is 586 g/mol. The van der Waals surface area contributed by atoms with Gasteiger partial charge in [-0.25, -0.2) is 13.4 Å². The summed E-state index contributed by atoms with van der Waals surface area (Å²) < 4.78 is 32.0. The van der Waals surface area contributed by atoms with Crippen molar-refractivity contribution < 1.29 is 13.2 Å². The summed E-state index contributed by atoms with van der Waals surface area (Å²) in [5.41, 5.74) is 2.25. The van der Waals surface area contributed by atoms with Crippen molar-refractivity contribution in [2.24, 2.45) is 11.8 Å². The molecular weight excluding hydrogens is 548 g/mol. The zero-order valence-corrected chi connectivity index (χ0v) is 25.4. The Balaban J connectivity index is 1.56. The molecule has 2 N–H and O–H groups in total. The number of para-hydroxylation sites is 1. The molecule has 2 aromatic carbocycles. The van der Waals surface area contributed by atoms with Gasteiger partial charge in [-0.3, -0.25) is 0 Å². The molecule has 0 bridgehead atoms. The van der Waals surface area contributed by atoms with Gasteiger partial charge >= 0.3 is 0 Å². The van der Waals surface area contributed by atoms with E-state index >= 15 is 0 Å². The van der Waals surface area contributed by atoms with E-state index in [2.05, 4.69) is 56.6 Å². The average molecular weight is 587 g/mol. The quantitative estimate of drug-likeness (QED) is 0.271. The third-order valence-corrected chi connectivity index (χ3v) is 8.97. The highest BCUT2D eigenvalue weighted by Crippen LogP contribution is 2.35. The molecule has 2 heterocycles. The summed E-state index contributed by atoms with van der Waals surface area (Å²) in [6.45, 7) is 9.32. The number of benzene rings is 2. The number of nitrogens with one attached hydrogen (secondary N) is 2. The molecule has 0 aliphatic carbocycles. The van der Waals surface area contributed by atoms with Crippen molar-refractivity contribution in [2.75, 3.05) is 61.6 Å². The number of halogens is 1. The minimum absolute atomic E-state index is 0.00707. The summed E-state index contributed by atoms with van der Waals surface area (Å²) in [6, 6.07) is 12.9. The van der Waals surface area contributed by atoms with E-state index in [9.17, 15) is 8.42 Å². The highest BCUT2D eigenvalue weighted by Gasteiger charge is 2.24. The average Bonchev–Trinajstić information content (AvgIpc) is 3.34. The van der Waals surface area contributed by atoms with E-state index in [1.807, 2.05) is 26.8 Å². The van der Waals surface area contributed by atoms with Gasteiger partial charge in [0.25, 0.3) is 0 Å². The first-order chi connectivity index (χ1) is 19.1. The molecule has 0 radical (unpaired) electrons. The van der Waals surface area contributed by atoms with E-state index in [1.165, 1.54) is 12.6 Å². The van der Waals surface area contributed by atoms with Crippen molar-refractivity contribution in [3.05, 3.63) is 53.7 Å². The first-order valence-electron chi connectivity index (χ1n) is 13.6. The Hall–Kier alpha value is -3.08. The van der Waals surface area contributed by atoms with Gasteiger partial charge in [0.05, 0.1) is 34.8 Å². The summed E-state index contributed by atoms with van der Waals surface area (Å²) in [7, 11) is 0.727. The molecule has 0 amide bonds. The number of ether oxygens (including phenoxy) is 1. The number of anilines is 5. The normalized spacial score (nSPS) is 15.6. The van der Waals surface area contributed by atoms with Crippen molar-refractivity contribution in [1.29, 1.82) is 0 Å². The van der Waals surface area contributed by atoms with Crippen LogP contribution in [0.3, 0.4) is 0 Å². The minimum Gasteiger partial charge on any atom is -0.492 e. The van der Waals surface area contributed by atoms with Crippen LogP contribution < -0.4 is 20.3 Å². The number of nitrogens with zero attached hydrogens (tertiary/aromatic N) is 4. The molecule has 1 unspecified atom stereocenters. The number of sulfone groups is 1. The Kier molecular flexibility index (Phi) is 9.76. The second kappa shape index (κ2) is 13.1. The van der Waals surface area contributed by atoms with Gasteiger partial charge in [0.2, 0.25) is 5.95 Å². The zero-order valence-electron chi connectivity index (χ0n) is 23.8. The summed E-state index contributed by atoms with van der Waals surface area (Å²) in [5.74, 6) is 1.98. The third kappa shape index (κ3) is 7.56. The second-order valence-corrected chi connectivity index (χ2v) is 13.2. The first-order valence-corrected chi connectivity index (χ1v) is 15.6. The molecule has 1 atom stereocenters. The van der Waals surface area contributed by atoms with Gasteiger partial charge in [0.15, 0.2) is 15.7 Å². The maximum atomic E-state index is 13.0. The van der Waals surface area contributed by atoms with Crippen molar-refractivity contribution >= 4 is 50.3 Å². The lowest BCUT2D eigenvalue weighted by Gasteiger charge is -2.22. The van der Waals surface area contributed by atoms with E-state index in [4.69, 9.17) is 16.3 Å². The molecule has 1 aliphatic heterocycles. The summed E-state index contributed by atoms with van der Waals surface area (Å²) >= 11 is 6.42. The van der Waals surface area contributed by atoms with Crippen LogP contribution in [0.5, 0.6) is 5.75 Å². The van der Waals surface area contributed by atoms with Crippen LogP contribution in [-0.4, -0.2) is 69.4 Å². The smallest absolute Gasteiger partial charge is 0.229 e. The minimum atomic E-state index is -3.50. The second-order valence-electron chi connectivity index (χ2n) is 10.8. The van der Waals surface area contributed by atoms with E-state index in [0.29, 0.717) is 35.7 Å². The van der Waals surface area contributed by atoms with Crippen molar-refractivity contribution in [3.8, 4) is 5.75 Å². The van der Waals surface area contributed by atoms with Crippen LogP contribution in [0.25, 0.3) is 0 Å². The SMILES string of the molecule is CCOc1cc(N2CCC(CN(C)C)C2)ccc1Nc1ncc(Cl)c(Nc2ccccc2S(=O)(=O)CC(C)C)n1. The zero-order chi connectivity index (χ0) is 28.9. The Morgan fingerprint density at radius 3 is 2.65 bits per heavy atom. The van der Waals surface area contributed by atoms with E-state index < -0.39 is 9.84 Å². The first kappa shape index (κ1) is 29.9. The van der Waals surface area contributed by atoms with Gasteiger partial charge in [0, 0.05) is 31.4 Å². The molecule has 9 nitrogen and oxygen atoms in total. The largest absolute Gasteiger partial charge is 0.492 e. The lowest BCUT2D eigenvalue weighted by Crippen LogP contribution is -2.25. The predicted octanol–water partition coefficient (Wildman–Crippen LogP) is 5.83. The highest BCUT2D eigenvalue weighted by atomic mass is 35.5. The number of hydrogen-bond donors (Lipinski definition) is 2. The molecule has 1 aliphatic rings. The van der Waals surface area contributed by atoms with Crippen LogP contribution in [0.2, 0.25) is 5.02 Å². The van der Waals surface area contributed by atoms with Crippen molar-refractivity contribution in [3.63, 3.8) is 0 Å². The molecule has 4 rings (SSSR count). The molecule has 1 saturated heterocycles. The van der Waals surface area contributed by atoms with E-state index in [1.54, 1.807) is 24.3 Å². The summed E-state index contributed by atoms with van der Waals surface area (Å²) in [5, 5.41) is 6.62. The molecule has 1 fully saturated rings. The van der Waals surface area contributed by atoms with Gasteiger partial charge in [0.1, 0.15) is 10.8 Å². The van der Waals surface area contributed by atoms with Gasteiger partial charge in [-0.2, -0.15) is 4.98 Å². The van der Waals surface area contributed by atoms with Gasteiger partial charge in [-0.15, -0.1) is 0 Å². The molecule has 0 spiro atoms. The number of hydrogen-bond acceptors (Lipinski definition) is 9. The highest BCUT2D eigenvalue weighted by molar-refractivity contribution is 7.91. The molecule has 11 heteroatoms. The lowest BCUT2D eigenvalue weighted by atomic mass is 10.1. The van der Waals surface area contributed by atoms with Crippen LogP contribution in [0.4, 0.5) is 28.8 Å². The Morgan fingerprint density at radius 2 is 1.93 bits per heavy atom. The Morgan fingerprint density at radius 1 is 1.15 bits per heavy atom. The maximum Gasteiger partial charge on any atom is 0.229 e. The van der Waals surface area contributed by atoms with Crippen molar-refractivity contribution in [2.45, 2.75) is 32.1 Å². The molecular formula is C29H39ClN6O3S. The maximum absolute atomic E-state index is 13.0. The molecule has 1 aromatic heterocycles. The van der Waals surface area contributed by atoms with Crippen LogP contribution in [0.1, 0.15) is 27.2 Å². The number of aromatic nitrogens is 2. The Bertz CT molecular complexity index is 1420. The Labute approximate surface area is 242 Å². The molecule has 216 valence electrons. The van der Waals surface area contributed by atoms with Crippen LogP contribution in [-0.2, 0) is 9.84 Å². The molecule has 3 aromatic rings. The predicted molar refractivity (Wildman–Crippen MR) is 163 cm³/mol. The van der Waals surface area contributed by atoms with Crippen LogP contribution >= 0.6 is 11.6 Å². The number of rotatable bonds is 12. The van der Waals surface area contributed by atoms with Gasteiger partial charge < -0.3 is 25.2 Å². The standard InChI is InChI=1S/C29H39ClN6O3S/c1-6-39-26-15-22(36-14-13-21(18-36)17-35(4)5)11-12-24(26)33-29-31-16-23(30)28(34-29)32-25-9-7-8-10-27(25)40(37,38)19-20(2)3/h7-12,15-16,20-21H,6,13-14,17-19H2,1-5H3,(H2,31,32,33,34). The van der Waals surface area contributed by atoms with Gasteiger partial charge in [-0.1, -0.05) is 37.6 Å². The van der Waals surface area contributed by atoms with E-state index in [-0.39, 0.29) is 21.6 Å².